The van der Waals surface area contributed by atoms with Gasteiger partial charge in [0.15, 0.2) is 0 Å². The first-order chi connectivity index (χ1) is 6.93. The lowest BCUT2D eigenvalue weighted by Gasteiger charge is -2.21. The van der Waals surface area contributed by atoms with Crippen LogP contribution in [-0.2, 0) is 4.79 Å². The van der Waals surface area contributed by atoms with Crippen molar-refractivity contribution in [3.8, 4) is 0 Å². The van der Waals surface area contributed by atoms with Gasteiger partial charge in [-0.2, -0.15) is 11.8 Å². The second-order valence-corrected chi connectivity index (χ2v) is 6.91. The molecule has 1 aliphatic heterocycles. The SMILES string of the molecule is O=C(NCC1(O)CCSC1)C1CC1(Cl)Cl. The first-order valence-electron chi connectivity index (χ1n) is 4.89. The van der Waals surface area contributed by atoms with Crippen molar-refractivity contribution >= 4 is 40.9 Å². The van der Waals surface area contributed by atoms with Crippen molar-refractivity contribution in [1.29, 1.82) is 0 Å². The molecule has 2 fully saturated rings. The second kappa shape index (κ2) is 3.99. The highest BCUT2D eigenvalue weighted by molar-refractivity contribution is 7.99. The number of nitrogens with one attached hydrogen (secondary N) is 1. The Kier molecular flexibility index (Phi) is 3.14. The van der Waals surface area contributed by atoms with Crippen molar-refractivity contribution in [3.63, 3.8) is 0 Å². The van der Waals surface area contributed by atoms with Gasteiger partial charge in [0, 0.05) is 12.3 Å². The van der Waals surface area contributed by atoms with Crippen LogP contribution in [0.2, 0.25) is 0 Å². The van der Waals surface area contributed by atoms with Gasteiger partial charge in [-0.15, -0.1) is 23.2 Å². The Bertz CT molecular complexity index is 279. The topological polar surface area (TPSA) is 49.3 Å². The minimum atomic E-state index is -0.878. The Morgan fingerprint density at radius 3 is 2.73 bits per heavy atom. The molecule has 1 aliphatic carbocycles. The van der Waals surface area contributed by atoms with E-state index < -0.39 is 9.93 Å². The minimum absolute atomic E-state index is 0.148. The maximum absolute atomic E-state index is 11.5. The minimum Gasteiger partial charge on any atom is -0.387 e. The molecule has 1 saturated heterocycles. The highest BCUT2D eigenvalue weighted by Crippen LogP contribution is 2.53. The normalized spacial score (nSPS) is 37.7. The molecule has 2 N–H and O–H groups in total. The van der Waals surface area contributed by atoms with E-state index in [1.54, 1.807) is 11.8 Å². The number of hydrogen-bond donors (Lipinski definition) is 2. The summed E-state index contributed by atoms with van der Waals surface area (Å²) in [7, 11) is 0. The summed E-state index contributed by atoms with van der Waals surface area (Å²) in [6.07, 6.45) is 1.24. The van der Waals surface area contributed by atoms with E-state index >= 15 is 0 Å². The van der Waals surface area contributed by atoms with Crippen molar-refractivity contribution < 1.29 is 9.90 Å². The highest BCUT2D eigenvalue weighted by Gasteiger charge is 2.56. The molecule has 6 heteroatoms. The summed E-state index contributed by atoms with van der Waals surface area (Å²) in [5, 5.41) is 12.7. The fraction of sp³-hybridized carbons (Fsp3) is 0.889. The number of hydrogen-bond acceptors (Lipinski definition) is 3. The van der Waals surface area contributed by atoms with Gasteiger partial charge in [-0.25, -0.2) is 0 Å². The van der Waals surface area contributed by atoms with Crippen LogP contribution in [0.1, 0.15) is 12.8 Å². The summed E-state index contributed by atoms with van der Waals surface area (Å²) in [6, 6.07) is 0. The molecule has 86 valence electrons. The molecule has 3 nitrogen and oxygen atoms in total. The lowest BCUT2D eigenvalue weighted by Crippen LogP contribution is -2.43. The molecule has 2 atom stereocenters. The molecule has 1 amide bonds. The summed E-state index contributed by atoms with van der Waals surface area (Å²) in [4.78, 5) is 11.5. The zero-order valence-electron chi connectivity index (χ0n) is 8.13. The van der Waals surface area contributed by atoms with Crippen molar-refractivity contribution in [2.24, 2.45) is 5.92 Å². The van der Waals surface area contributed by atoms with Gasteiger partial charge in [0.1, 0.15) is 4.33 Å². The molecule has 1 saturated carbocycles. The monoisotopic (exact) mass is 269 g/mol. The fourth-order valence-electron chi connectivity index (χ4n) is 1.61. The largest absolute Gasteiger partial charge is 0.387 e. The third-order valence-electron chi connectivity index (χ3n) is 2.82. The van der Waals surface area contributed by atoms with E-state index in [1.165, 1.54) is 0 Å². The third-order valence-corrected chi connectivity index (χ3v) is 4.89. The predicted molar refractivity (Wildman–Crippen MR) is 62.4 cm³/mol. The van der Waals surface area contributed by atoms with Crippen LogP contribution in [0.3, 0.4) is 0 Å². The molecule has 2 rings (SSSR count). The van der Waals surface area contributed by atoms with Crippen molar-refractivity contribution in [2.45, 2.75) is 22.8 Å². The Balaban J connectivity index is 1.76. The average Bonchev–Trinajstić information content (AvgIpc) is 2.60. The molecule has 15 heavy (non-hydrogen) atoms. The molecule has 1 heterocycles. The molecular weight excluding hydrogens is 257 g/mol. The molecule has 2 aliphatic rings. The first kappa shape index (κ1) is 11.8. The van der Waals surface area contributed by atoms with Crippen LogP contribution in [-0.4, -0.2) is 39.0 Å². The van der Waals surface area contributed by atoms with Crippen LogP contribution < -0.4 is 5.32 Å². The summed E-state index contributed by atoms with van der Waals surface area (Å²) in [5.41, 5.74) is -0.740. The number of halogens is 2. The molecule has 0 aromatic rings. The van der Waals surface area contributed by atoms with Crippen molar-refractivity contribution in [1.82, 2.24) is 5.32 Å². The number of rotatable bonds is 3. The second-order valence-electron chi connectivity index (χ2n) is 4.26. The zero-order chi connectivity index (χ0) is 11.1. The van der Waals surface area contributed by atoms with Crippen LogP contribution in [0, 0.1) is 5.92 Å². The van der Waals surface area contributed by atoms with Gasteiger partial charge in [-0.3, -0.25) is 4.79 Å². The predicted octanol–water partition coefficient (Wildman–Crippen LogP) is 1.16. The Hall–Kier alpha value is 0.360. The van der Waals surface area contributed by atoms with Gasteiger partial charge in [0.25, 0.3) is 0 Å². The van der Waals surface area contributed by atoms with E-state index in [1.807, 2.05) is 0 Å². The zero-order valence-corrected chi connectivity index (χ0v) is 10.5. The van der Waals surface area contributed by atoms with Gasteiger partial charge in [0.05, 0.1) is 11.5 Å². The van der Waals surface area contributed by atoms with E-state index in [-0.39, 0.29) is 11.8 Å². The van der Waals surface area contributed by atoms with Gasteiger partial charge in [-0.05, 0) is 18.6 Å². The van der Waals surface area contributed by atoms with Gasteiger partial charge in [0.2, 0.25) is 5.91 Å². The maximum Gasteiger partial charge on any atom is 0.226 e. The molecule has 0 aromatic heterocycles. The summed E-state index contributed by atoms with van der Waals surface area (Å²) < 4.78 is -0.878. The van der Waals surface area contributed by atoms with Gasteiger partial charge < -0.3 is 10.4 Å². The Morgan fingerprint density at radius 2 is 2.27 bits per heavy atom. The number of thioether (sulfide) groups is 1. The van der Waals surface area contributed by atoms with Crippen LogP contribution in [0.4, 0.5) is 0 Å². The fourth-order valence-corrected chi connectivity index (χ4v) is 3.41. The number of carbonyl (C=O) groups is 1. The van der Waals surface area contributed by atoms with E-state index in [9.17, 15) is 9.90 Å². The van der Waals surface area contributed by atoms with E-state index in [0.717, 1.165) is 12.2 Å². The number of amides is 1. The molecule has 0 aromatic carbocycles. The quantitative estimate of drug-likeness (QED) is 0.757. The van der Waals surface area contributed by atoms with Crippen LogP contribution in [0.5, 0.6) is 0 Å². The molecule has 0 spiro atoms. The smallest absolute Gasteiger partial charge is 0.226 e. The third kappa shape index (κ3) is 2.73. The Labute approximate surface area is 103 Å². The average molecular weight is 270 g/mol. The number of alkyl halides is 2. The van der Waals surface area contributed by atoms with Crippen molar-refractivity contribution in [2.75, 3.05) is 18.1 Å². The summed E-state index contributed by atoms with van der Waals surface area (Å²) in [5.74, 6) is 1.18. The Morgan fingerprint density at radius 1 is 1.60 bits per heavy atom. The molecule has 0 bridgehead atoms. The first-order valence-corrected chi connectivity index (χ1v) is 6.80. The van der Waals surface area contributed by atoms with E-state index in [4.69, 9.17) is 23.2 Å². The van der Waals surface area contributed by atoms with Crippen LogP contribution in [0.25, 0.3) is 0 Å². The van der Waals surface area contributed by atoms with E-state index in [0.29, 0.717) is 18.7 Å². The van der Waals surface area contributed by atoms with E-state index in [2.05, 4.69) is 5.32 Å². The number of carbonyl (C=O) groups excluding carboxylic acids is 1. The lowest BCUT2D eigenvalue weighted by atomic mass is 10.0. The summed E-state index contributed by atoms with van der Waals surface area (Å²) in [6.45, 7) is 0.305. The number of aliphatic hydroxyl groups is 1. The highest BCUT2D eigenvalue weighted by atomic mass is 35.5. The lowest BCUT2D eigenvalue weighted by molar-refractivity contribution is -0.123. The standard InChI is InChI=1S/C9H13Cl2NO2S/c10-9(11)3-6(9)7(13)12-4-8(14)1-2-15-5-8/h6,14H,1-5H2,(H,12,13). The molecule has 2 unspecified atom stereocenters. The van der Waals surface area contributed by atoms with Crippen molar-refractivity contribution in [3.05, 3.63) is 0 Å². The molecule has 0 radical (unpaired) electrons. The van der Waals surface area contributed by atoms with Crippen LogP contribution in [0.15, 0.2) is 0 Å². The maximum atomic E-state index is 11.5. The van der Waals surface area contributed by atoms with Gasteiger partial charge in [-0.1, -0.05) is 0 Å². The molecular formula is C9H13Cl2NO2S. The summed E-state index contributed by atoms with van der Waals surface area (Å²) >= 11 is 13.2. The van der Waals surface area contributed by atoms with Gasteiger partial charge >= 0.3 is 0 Å². The van der Waals surface area contributed by atoms with Crippen LogP contribution >= 0.6 is 35.0 Å².